The van der Waals surface area contributed by atoms with Crippen LogP contribution in [0.25, 0.3) is 11.1 Å². The Hall–Kier alpha value is -1.61. The molecular weight excluding hydrogens is 174 g/mol. The van der Waals surface area contributed by atoms with E-state index >= 15 is 0 Å². The lowest BCUT2D eigenvalue weighted by atomic mass is 10.1. The molecule has 2 aromatic rings. The molecule has 0 unspecified atom stereocenters. The molecule has 0 saturated carbocycles. The molecule has 3 nitrogen and oxygen atoms in total. The number of aromatic nitrogens is 2. The molecule has 1 heterocycles. The lowest BCUT2D eigenvalue weighted by Gasteiger charge is -2.00. The average molecular weight is 187 g/mol. The summed E-state index contributed by atoms with van der Waals surface area (Å²) in [7, 11) is 1.91. The van der Waals surface area contributed by atoms with Gasteiger partial charge in [0.05, 0.1) is 6.20 Å². The maximum absolute atomic E-state index is 5.58. The van der Waals surface area contributed by atoms with Gasteiger partial charge in [0.15, 0.2) is 0 Å². The molecule has 72 valence electrons. The van der Waals surface area contributed by atoms with Gasteiger partial charge >= 0.3 is 0 Å². The molecule has 0 atom stereocenters. The van der Waals surface area contributed by atoms with Crippen molar-refractivity contribution in [3.8, 4) is 11.1 Å². The van der Waals surface area contributed by atoms with Gasteiger partial charge < -0.3 is 5.73 Å². The van der Waals surface area contributed by atoms with Gasteiger partial charge in [-0.2, -0.15) is 5.10 Å². The fourth-order valence-electron chi connectivity index (χ4n) is 1.45. The summed E-state index contributed by atoms with van der Waals surface area (Å²) in [4.78, 5) is 0. The molecule has 1 aromatic heterocycles. The molecule has 0 aliphatic heterocycles. The summed E-state index contributed by atoms with van der Waals surface area (Å²) in [6, 6.07) is 8.21. The molecule has 1 aromatic carbocycles. The Bertz CT molecular complexity index is 432. The third-order valence-electron chi connectivity index (χ3n) is 2.20. The van der Waals surface area contributed by atoms with E-state index in [1.165, 1.54) is 5.56 Å². The Morgan fingerprint density at radius 3 is 2.86 bits per heavy atom. The molecule has 0 amide bonds. The lowest BCUT2D eigenvalue weighted by molar-refractivity contribution is 0.768. The van der Waals surface area contributed by atoms with Crippen molar-refractivity contribution in [1.29, 1.82) is 0 Å². The lowest BCUT2D eigenvalue weighted by Crippen LogP contribution is -1.95. The summed E-state index contributed by atoms with van der Waals surface area (Å²) in [5.74, 6) is 0. The van der Waals surface area contributed by atoms with E-state index in [4.69, 9.17) is 5.73 Å². The van der Waals surface area contributed by atoms with Crippen molar-refractivity contribution in [3.05, 3.63) is 42.2 Å². The molecule has 0 bridgehead atoms. The number of nitrogens with two attached hydrogens (primary N) is 1. The van der Waals surface area contributed by atoms with E-state index in [1.807, 2.05) is 31.6 Å². The van der Waals surface area contributed by atoms with E-state index in [-0.39, 0.29) is 0 Å². The van der Waals surface area contributed by atoms with Crippen molar-refractivity contribution in [1.82, 2.24) is 9.78 Å². The third kappa shape index (κ3) is 1.67. The molecule has 0 saturated heterocycles. The quantitative estimate of drug-likeness (QED) is 0.775. The molecule has 2 rings (SSSR count). The van der Waals surface area contributed by atoms with Gasteiger partial charge in [-0.1, -0.05) is 18.2 Å². The Kier molecular flexibility index (Phi) is 2.33. The average Bonchev–Trinajstić information content (AvgIpc) is 2.65. The van der Waals surface area contributed by atoms with Crippen LogP contribution in [0.3, 0.4) is 0 Å². The van der Waals surface area contributed by atoms with Crippen molar-refractivity contribution < 1.29 is 0 Å². The fourth-order valence-corrected chi connectivity index (χ4v) is 1.45. The molecule has 0 aliphatic rings. The van der Waals surface area contributed by atoms with Crippen LogP contribution in [0.1, 0.15) is 5.56 Å². The highest BCUT2D eigenvalue weighted by Crippen LogP contribution is 2.19. The van der Waals surface area contributed by atoms with Crippen LogP contribution in [0.4, 0.5) is 0 Å². The second kappa shape index (κ2) is 3.64. The van der Waals surface area contributed by atoms with Gasteiger partial charge in [-0.3, -0.25) is 4.68 Å². The van der Waals surface area contributed by atoms with Crippen LogP contribution in [0.5, 0.6) is 0 Å². The minimum Gasteiger partial charge on any atom is -0.326 e. The standard InChI is InChI=1S/C11H13N3/c1-14-8-11(7-13-14)10-4-2-3-9(5-10)6-12/h2-5,7-8H,6,12H2,1H3. The number of benzene rings is 1. The molecule has 3 heteroatoms. The molecule has 0 radical (unpaired) electrons. The maximum atomic E-state index is 5.58. The molecule has 0 fully saturated rings. The van der Waals surface area contributed by atoms with E-state index in [0.717, 1.165) is 11.1 Å². The summed E-state index contributed by atoms with van der Waals surface area (Å²) < 4.78 is 1.80. The van der Waals surface area contributed by atoms with E-state index in [0.29, 0.717) is 6.54 Å². The second-order valence-electron chi connectivity index (χ2n) is 3.31. The van der Waals surface area contributed by atoms with Crippen LogP contribution >= 0.6 is 0 Å². The predicted molar refractivity (Wildman–Crippen MR) is 56.5 cm³/mol. The topological polar surface area (TPSA) is 43.8 Å². The molecule has 2 N–H and O–H groups in total. The van der Waals surface area contributed by atoms with Crippen LogP contribution in [0, 0.1) is 0 Å². The van der Waals surface area contributed by atoms with Gasteiger partial charge in [-0.15, -0.1) is 0 Å². The monoisotopic (exact) mass is 187 g/mol. The first kappa shape index (κ1) is 8.97. The predicted octanol–water partition coefficient (Wildman–Crippen LogP) is 1.55. The van der Waals surface area contributed by atoms with Crippen molar-refractivity contribution in [2.45, 2.75) is 6.54 Å². The van der Waals surface area contributed by atoms with Gasteiger partial charge in [0.2, 0.25) is 0 Å². The van der Waals surface area contributed by atoms with Crippen LogP contribution in [0.2, 0.25) is 0 Å². The highest BCUT2D eigenvalue weighted by molar-refractivity contribution is 5.62. The Labute approximate surface area is 83.2 Å². The van der Waals surface area contributed by atoms with Crippen LogP contribution in [0.15, 0.2) is 36.7 Å². The van der Waals surface area contributed by atoms with Crippen molar-refractivity contribution >= 4 is 0 Å². The summed E-state index contributed by atoms with van der Waals surface area (Å²) in [6.45, 7) is 0.577. The van der Waals surface area contributed by atoms with Gasteiger partial charge in [0.25, 0.3) is 0 Å². The minimum atomic E-state index is 0.577. The highest BCUT2D eigenvalue weighted by Gasteiger charge is 2.00. The largest absolute Gasteiger partial charge is 0.326 e. The summed E-state index contributed by atoms with van der Waals surface area (Å²) in [5.41, 5.74) is 9.02. The Balaban J connectivity index is 2.41. The smallest absolute Gasteiger partial charge is 0.0568 e. The van der Waals surface area contributed by atoms with E-state index < -0.39 is 0 Å². The van der Waals surface area contributed by atoms with Crippen LogP contribution in [-0.4, -0.2) is 9.78 Å². The first-order chi connectivity index (χ1) is 6.79. The second-order valence-corrected chi connectivity index (χ2v) is 3.31. The van der Waals surface area contributed by atoms with Gasteiger partial charge in [0.1, 0.15) is 0 Å². The Morgan fingerprint density at radius 2 is 2.21 bits per heavy atom. The van der Waals surface area contributed by atoms with Gasteiger partial charge in [0, 0.05) is 25.4 Å². The first-order valence-electron chi connectivity index (χ1n) is 4.57. The molecule has 14 heavy (non-hydrogen) atoms. The molecule has 0 spiro atoms. The van der Waals surface area contributed by atoms with Gasteiger partial charge in [-0.25, -0.2) is 0 Å². The van der Waals surface area contributed by atoms with Gasteiger partial charge in [-0.05, 0) is 17.2 Å². The number of hydrogen-bond acceptors (Lipinski definition) is 2. The van der Waals surface area contributed by atoms with Crippen LogP contribution < -0.4 is 5.73 Å². The molecule has 0 aliphatic carbocycles. The first-order valence-corrected chi connectivity index (χ1v) is 4.57. The number of rotatable bonds is 2. The zero-order valence-corrected chi connectivity index (χ0v) is 8.14. The van der Waals surface area contributed by atoms with Crippen molar-refractivity contribution in [2.24, 2.45) is 12.8 Å². The normalized spacial score (nSPS) is 10.4. The fraction of sp³-hybridized carbons (Fsp3) is 0.182. The van der Waals surface area contributed by atoms with E-state index in [2.05, 4.69) is 17.2 Å². The maximum Gasteiger partial charge on any atom is 0.0568 e. The van der Waals surface area contributed by atoms with Crippen molar-refractivity contribution in [2.75, 3.05) is 0 Å². The Morgan fingerprint density at radius 1 is 1.36 bits per heavy atom. The summed E-state index contributed by atoms with van der Waals surface area (Å²) in [6.07, 6.45) is 3.85. The van der Waals surface area contributed by atoms with E-state index in [9.17, 15) is 0 Å². The number of aryl methyl sites for hydroxylation is 1. The number of nitrogens with zero attached hydrogens (tertiary/aromatic N) is 2. The third-order valence-corrected chi connectivity index (χ3v) is 2.20. The SMILES string of the molecule is Cn1cc(-c2cccc(CN)c2)cn1. The molecular formula is C11H13N3. The highest BCUT2D eigenvalue weighted by atomic mass is 15.2. The minimum absolute atomic E-state index is 0.577. The summed E-state index contributed by atoms with van der Waals surface area (Å²) in [5, 5.41) is 4.13. The van der Waals surface area contributed by atoms with Crippen molar-refractivity contribution in [3.63, 3.8) is 0 Å². The zero-order valence-electron chi connectivity index (χ0n) is 8.14. The van der Waals surface area contributed by atoms with Crippen LogP contribution in [-0.2, 0) is 13.6 Å². The zero-order chi connectivity index (χ0) is 9.97. The van der Waals surface area contributed by atoms with E-state index in [1.54, 1.807) is 4.68 Å². The summed E-state index contributed by atoms with van der Waals surface area (Å²) >= 11 is 0. The number of hydrogen-bond donors (Lipinski definition) is 1.